The van der Waals surface area contributed by atoms with E-state index in [1.54, 1.807) is 18.4 Å². The summed E-state index contributed by atoms with van der Waals surface area (Å²) in [6, 6.07) is 16.0. The van der Waals surface area contributed by atoms with Crippen LogP contribution in [0.15, 0.2) is 53.9 Å². The largest absolute Gasteiger partial charge is 0.496 e. The molecule has 0 bridgehead atoms. The highest BCUT2D eigenvalue weighted by Crippen LogP contribution is 2.33. The number of ether oxygens (including phenoxy) is 1. The number of fused-ring (bicyclic) bond motifs is 1. The number of thiophene rings is 1. The molecule has 4 nitrogen and oxygen atoms in total. The van der Waals surface area contributed by atoms with Gasteiger partial charge in [-0.05, 0) is 12.1 Å². The van der Waals surface area contributed by atoms with Crippen LogP contribution in [-0.4, -0.2) is 37.6 Å². The van der Waals surface area contributed by atoms with Crippen molar-refractivity contribution in [1.29, 1.82) is 0 Å². The van der Waals surface area contributed by atoms with Crippen molar-refractivity contribution < 1.29 is 9.53 Å². The van der Waals surface area contributed by atoms with Gasteiger partial charge in [0.25, 0.3) is 5.91 Å². The lowest BCUT2D eigenvalue weighted by Crippen LogP contribution is -2.48. The standard InChI is InChI=1S/C20H20N2O2S/c1-24-18-8-4-2-7-15(18)17-12-21-10-11-22(17)20(23)16-13-25-19-9-5-3-6-14(16)19/h2-9,13,17,21H,10-12H2,1H3. The van der Waals surface area contributed by atoms with E-state index in [1.807, 2.05) is 52.7 Å². The van der Waals surface area contributed by atoms with Gasteiger partial charge >= 0.3 is 0 Å². The van der Waals surface area contributed by atoms with Crippen LogP contribution in [0.1, 0.15) is 22.0 Å². The van der Waals surface area contributed by atoms with Crippen LogP contribution in [0.4, 0.5) is 0 Å². The van der Waals surface area contributed by atoms with Gasteiger partial charge in [-0.1, -0.05) is 36.4 Å². The summed E-state index contributed by atoms with van der Waals surface area (Å²) in [6.07, 6.45) is 0. The van der Waals surface area contributed by atoms with Gasteiger partial charge < -0.3 is 15.0 Å². The van der Waals surface area contributed by atoms with E-state index >= 15 is 0 Å². The summed E-state index contributed by atoms with van der Waals surface area (Å²) in [6.45, 7) is 2.22. The molecule has 1 aromatic heterocycles. The van der Waals surface area contributed by atoms with Crippen LogP contribution in [0.2, 0.25) is 0 Å². The molecule has 1 amide bonds. The first-order valence-corrected chi connectivity index (χ1v) is 9.28. The predicted molar refractivity (Wildman–Crippen MR) is 101 cm³/mol. The van der Waals surface area contributed by atoms with Crippen molar-refractivity contribution in [3.05, 3.63) is 65.0 Å². The van der Waals surface area contributed by atoms with Crippen molar-refractivity contribution in [3.63, 3.8) is 0 Å². The summed E-state index contributed by atoms with van der Waals surface area (Å²) in [4.78, 5) is 15.3. The normalized spacial score (nSPS) is 17.6. The molecule has 1 aliphatic heterocycles. The van der Waals surface area contributed by atoms with Crippen molar-refractivity contribution in [3.8, 4) is 5.75 Å². The Morgan fingerprint density at radius 2 is 2.00 bits per heavy atom. The molecule has 1 N–H and O–H groups in total. The van der Waals surface area contributed by atoms with Crippen LogP contribution >= 0.6 is 11.3 Å². The first-order chi connectivity index (χ1) is 12.3. The molecular formula is C20H20N2O2S. The SMILES string of the molecule is COc1ccccc1C1CNCCN1C(=O)c1csc2ccccc12. The zero-order valence-corrected chi connectivity index (χ0v) is 14.9. The molecule has 128 valence electrons. The molecule has 0 radical (unpaired) electrons. The van der Waals surface area contributed by atoms with Crippen molar-refractivity contribution in [2.24, 2.45) is 0 Å². The van der Waals surface area contributed by atoms with E-state index in [9.17, 15) is 4.79 Å². The predicted octanol–water partition coefficient (Wildman–Crippen LogP) is 3.70. The number of benzene rings is 2. The van der Waals surface area contributed by atoms with E-state index in [0.717, 1.165) is 40.1 Å². The van der Waals surface area contributed by atoms with E-state index < -0.39 is 0 Å². The molecule has 0 aliphatic carbocycles. The summed E-state index contributed by atoms with van der Waals surface area (Å²) >= 11 is 1.62. The van der Waals surface area contributed by atoms with Crippen LogP contribution in [0, 0.1) is 0 Å². The number of nitrogens with zero attached hydrogens (tertiary/aromatic N) is 1. The molecule has 4 rings (SSSR count). The molecule has 3 aromatic rings. The maximum atomic E-state index is 13.3. The fourth-order valence-corrected chi connectivity index (χ4v) is 4.40. The molecule has 5 heteroatoms. The molecular weight excluding hydrogens is 332 g/mol. The third kappa shape index (κ3) is 2.90. The summed E-state index contributed by atoms with van der Waals surface area (Å²) < 4.78 is 6.67. The highest BCUT2D eigenvalue weighted by molar-refractivity contribution is 7.17. The minimum atomic E-state index is -0.0314. The Balaban J connectivity index is 1.73. The lowest BCUT2D eigenvalue weighted by atomic mass is 10.0. The number of para-hydroxylation sites is 1. The third-order valence-electron chi connectivity index (χ3n) is 4.71. The van der Waals surface area contributed by atoms with Crippen molar-refractivity contribution in [1.82, 2.24) is 10.2 Å². The fourth-order valence-electron chi connectivity index (χ4n) is 3.47. The Kier molecular flexibility index (Phi) is 4.42. The lowest BCUT2D eigenvalue weighted by Gasteiger charge is -2.37. The molecule has 1 unspecified atom stereocenters. The van der Waals surface area contributed by atoms with Gasteiger partial charge in [0.05, 0.1) is 18.7 Å². The van der Waals surface area contributed by atoms with Crippen LogP contribution in [0.25, 0.3) is 10.1 Å². The first-order valence-electron chi connectivity index (χ1n) is 8.40. The fraction of sp³-hybridized carbons (Fsp3) is 0.250. The highest BCUT2D eigenvalue weighted by Gasteiger charge is 2.31. The number of rotatable bonds is 3. The van der Waals surface area contributed by atoms with Crippen LogP contribution < -0.4 is 10.1 Å². The quantitative estimate of drug-likeness (QED) is 0.781. The monoisotopic (exact) mass is 352 g/mol. The topological polar surface area (TPSA) is 41.6 Å². The smallest absolute Gasteiger partial charge is 0.255 e. The Morgan fingerprint density at radius 3 is 2.88 bits per heavy atom. The second kappa shape index (κ2) is 6.86. The van der Waals surface area contributed by atoms with Gasteiger partial charge in [0, 0.05) is 40.7 Å². The number of hydrogen-bond acceptors (Lipinski definition) is 4. The Labute approximate surface area is 151 Å². The maximum Gasteiger partial charge on any atom is 0.255 e. The molecule has 1 saturated heterocycles. The van der Waals surface area contributed by atoms with Crippen molar-refractivity contribution in [2.75, 3.05) is 26.7 Å². The van der Waals surface area contributed by atoms with E-state index in [1.165, 1.54) is 0 Å². The summed E-state index contributed by atoms with van der Waals surface area (Å²) in [5, 5.41) is 6.42. The number of piperazine rings is 1. The van der Waals surface area contributed by atoms with Crippen molar-refractivity contribution >= 4 is 27.3 Å². The summed E-state index contributed by atoms with van der Waals surface area (Å²) in [5.74, 6) is 0.916. The van der Waals surface area contributed by atoms with Crippen molar-refractivity contribution in [2.45, 2.75) is 6.04 Å². The number of methoxy groups -OCH3 is 1. The number of nitrogens with one attached hydrogen (secondary N) is 1. The average molecular weight is 352 g/mol. The van der Waals surface area contributed by atoms with Gasteiger partial charge in [0.2, 0.25) is 0 Å². The highest BCUT2D eigenvalue weighted by atomic mass is 32.1. The van der Waals surface area contributed by atoms with Gasteiger partial charge in [-0.25, -0.2) is 0 Å². The van der Waals surface area contributed by atoms with Crippen LogP contribution in [0.3, 0.4) is 0 Å². The van der Waals surface area contributed by atoms with Gasteiger partial charge in [-0.2, -0.15) is 0 Å². The lowest BCUT2D eigenvalue weighted by molar-refractivity contribution is 0.0634. The van der Waals surface area contributed by atoms with Crippen LogP contribution in [0.5, 0.6) is 5.75 Å². The molecule has 2 heterocycles. The third-order valence-corrected chi connectivity index (χ3v) is 5.68. The Bertz CT molecular complexity index is 905. The molecule has 1 fully saturated rings. The maximum absolute atomic E-state index is 13.3. The second-order valence-corrected chi connectivity index (χ2v) is 7.02. The van der Waals surface area contributed by atoms with Gasteiger partial charge in [0.1, 0.15) is 5.75 Å². The number of amides is 1. The van der Waals surface area contributed by atoms with E-state index in [4.69, 9.17) is 4.74 Å². The minimum absolute atomic E-state index is 0.0314. The van der Waals surface area contributed by atoms with Gasteiger partial charge in [-0.15, -0.1) is 11.3 Å². The number of hydrogen-bond donors (Lipinski definition) is 1. The van der Waals surface area contributed by atoms with Gasteiger partial charge in [0.15, 0.2) is 0 Å². The van der Waals surface area contributed by atoms with Gasteiger partial charge in [-0.3, -0.25) is 4.79 Å². The summed E-state index contributed by atoms with van der Waals surface area (Å²) in [7, 11) is 1.67. The molecule has 1 atom stereocenters. The van der Waals surface area contributed by atoms with E-state index in [2.05, 4.69) is 11.4 Å². The Hall–Kier alpha value is -2.37. The van der Waals surface area contributed by atoms with E-state index in [0.29, 0.717) is 6.54 Å². The zero-order valence-electron chi connectivity index (χ0n) is 14.1. The molecule has 0 spiro atoms. The first kappa shape index (κ1) is 16.1. The molecule has 2 aromatic carbocycles. The second-order valence-electron chi connectivity index (χ2n) is 6.11. The zero-order chi connectivity index (χ0) is 17.2. The Morgan fingerprint density at radius 1 is 1.20 bits per heavy atom. The number of carbonyl (C=O) groups is 1. The summed E-state index contributed by atoms with van der Waals surface area (Å²) in [5.41, 5.74) is 1.84. The van der Waals surface area contributed by atoms with E-state index in [-0.39, 0.29) is 11.9 Å². The molecule has 1 aliphatic rings. The molecule has 0 saturated carbocycles. The number of carbonyl (C=O) groups excluding carboxylic acids is 1. The van der Waals surface area contributed by atoms with Crippen LogP contribution in [-0.2, 0) is 0 Å². The molecule has 25 heavy (non-hydrogen) atoms. The minimum Gasteiger partial charge on any atom is -0.496 e. The average Bonchev–Trinajstić information content (AvgIpc) is 3.11.